The van der Waals surface area contributed by atoms with E-state index in [1.54, 1.807) is 19.1 Å². The summed E-state index contributed by atoms with van der Waals surface area (Å²) in [5, 5.41) is 11.8. The fourth-order valence-electron chi connectivity index (χ4n) is 3.95. The SMILES string of the molecule is CCOc1ccc(OC(C)C(=O)Nc2ccc(-c3ccc(N4CCCCCC4)nn3)cc2)cc1. The van der Waals surface area contributed by atoms with Crippen molar-refractivity contribution in [3.8, 4) is 22.8 Å². The zero-order valence-corrected chi connectivity index (χ0v) is 19.9. The smallest absolute Gasteiger partial charge is 0.265 e. The van der Waals surface area contributed by atoms with Crippen molar-refractivity contribution in [2.75, 3.05) is 29.9 Å². The normalized spacial score (nSPS) is 14.7. The lowest BCUT2D eigenvalue weighted by Crippen LogP contribution is -2.30. The van der Waals surface area contributed by atoms with Gasteiger partial charge in [-0.25, -0.2) is 0 Å². The van der Waals surface area contributed by atoms with Gasteiger partial charge in [0.1, 0.15) is 11.5 Å². The van der Waals surface area contributed by atoms with Crippen molar-refractivity contribution in [3.05, 3.63) is 60.7 Å². The van der Waals surface area contributed by atoms with Gasteiger partial charge in [-0.05, 0) is 75.2 Å². The number of nitrogens with one attached hydrogen (secondary N) is 1. The molecule has 1 aliphatic rings. The van der Waals surface area contributed by atoms with Crippen LogP contribution in [-0.2, 0) is 4.79 Å². The predicted molar refractivity (Wildman–Crippen MR) is 134 cm³/mol. The second kappa shape index (κ2) is 11.5. The summed E-state index contributed by atoms with van der Waals surface area (Å²) in [6, 6.07) is 18.9. The van der Waals surface area contributed by atoms with Crippen molar-refractivity contribution < 1.29 is 14.3 Å². The minimum atomic E-state index is -0.644. The molecule has 1 amide bonds. The number of amides is 1. The highest BCUT2D eigenvalue weighted by Gasteiger charge is 2.16. The number of hydrogen-bond acceptors (Lipinski definition) is 6. The summed E-state index contributed by atoms with van der Waals surface area (Å²) in [4.78, 5) is 14.9. The Morgan fingerprint density at radius 3 is 2.21 bits per heavy atom. The number of anilines is 2. The van der Waals surface area contributed by atoms with Gasteiger partial charge < -0.3 is 19.7 Å². The van der Waals surface area contributed by atoms with E-state index in [9.17, 15) is 4.79 Å². The Hall–Kier alpha value is -3.61. The van der Waals surface area contributed by atoms with Gasteiger partial charge >= 0.3 is 0 Å². The van der Waals surface area contributed by atoms with Crippen LogP contribution in [0.4, 0.5) is 11.5 Å². The summed E-state index contributed by atoms with van der Waals surface area (Å²) in [5.74, 6) is 2.11. The van der Waals surface area contributed by atoms with Crippen LogP contribution in [0.2, 0.25) is 0 Å². The molecule has 0 aliphatic carbocycles. The van der Waals surface area contributed by atoms with Crippen LogP contribution in [0.1, 0.15) is 39.5 Å². The molecule has 7 heteroatoms. The molecule has 1 fully saturated rings. The van der Waals surface area contributed by atoms with E-state index < -0.39 is 6.10 Å². The first kappa shape index (κ1) is 23.5. The second-order valence-corrected chi connectivity index (χ2v) is 8.41. The summed E-state index contributed by atoms with van der Waals surface area (Å²) in [5.41, 5.74) is 2.46. The third kappa shape index (κ3) is 6.25. The zero-order valence-electron chi connectivity index (χ0n) is 19.9. The Kier molecular flexibility index (Phi) is 7.96. The van der Waals surface area contributed by atoms with E-state index in [0.717, 1.165) is 35.9 Å². The zero-order chi connectivity index (χ0) is 23.8. The number of hydrogen-bond donors (Lipinski definition) is 1. The van der Waals surface area contributed by atoms with Crippen LogP contribution < -0.4 is 19.7 Å². The number of ether oxygens (including phenoxy) is 2. The van der Waals surface area contributed by atoms with Crippen LogP contribution >= 0.6 is 0 Å². The highest BCUT2D eigenvalue weighted by atomic mass is 16.5. The molecular weight excluding hydrogens is 428 g/mol. The van der Waals surface area contributed by atoms with Gasteiger partial charge in [0.05, 0.1) is 12.3 Å². The molecule has 178 valence electrons. The van der Waals surface area contributed by atoms with Gasteiger partial charge in [-0.1, -0.05) is 25.0 Å². The summed E-state index contributed by atoms with van der Waals surface area (Å²) in [6.07, 6.45) is 4.35. The molecule has 2 heterocycles. The molecule has 7 nitrogen and oxygen atoms in total. The fraction of sp³-hybridized carbons (Fsp3) is 0.370. The number of rotatable bonds is 8. The Balaban J connectivity index is 1.32. The van der Waals surface area contributed by atoms with Gasteiger partial charge in [0.15, 0.2) is 11.9 Å². The summed E-state index contributed by atoms with van der Waals surface area (Å²) >= 11 is 0. The van der Waals surface area contributed by atoms with Gasteiger partial charge in [0, 0.05) is 24.3 Å². The molecule has 0 bridgehead atoms. The highest BCUT2D eigenvalue weighted by Crippen LogP contribution is 2.23. The van der Waals surface area contributed by atoms with Gasteiger partial charge in [0.2, 0.25) is 0 Å². The Morgan fingerprint density at radius 2 is 1.59 bits per heavy atom. The van der Waals surface area contributed by atoms with Crippen LogP contribution in [-0.4, -0.2) is 41.9 Å². The number of nitrogens with zero attached hydrogens (tertiary/aromatic N) is 3. The predicted octanol–water partition coefficient (Wildman–Crippen LogP) is 5.33. The number of aromatic nitrogens is 2. The van der Waals surface area contributed by atoms with Crippen LogP contribution in [0, 0.1) is 0 Å². The standard InChI is InChI=1S/C27H32N4O3/c1-3-33-23-12-14-24(15-13-23)34-20(2)27(32)28-22-10-8-21(9-11-22)25-16-17-26(30-29-25)31-18-6-4-5-7-19-31/h8-17,20H,3-7,18-19H2,1-2H3,(H,28,32). The lowest BCUT2D eigenvalue weighted by molar-refractivity contribution is -0.122. The molecular formula is C27H32N4O3. The van der Waals surface area contributed by atoms with E-state index >= 15 is 0 Å². The minimum absolute atomic E-state index is 0.219. The number of carbonyl (C=O) groups excluding carboxylic acids is 1. The van der Waals surface area contributed by atoms with Gasteiger partial charge in [-0.3, -0.25) is 4.79 Å². The maximum Gasteiger partial charge on any atom is 0.265 e. The van der Waals surface area contributed by atoms with Crippen LogP contribution in [0.15, 0.2) is 60.7 Å². The first-order chi connectivity index (χ1) is 16.6. The molecule has 1 N–H and O–H groups in total. The average Bonchev–Trinajstić information content (AvgIpc) is 3.16. The molecule has 0 spiro atoms. The molecule has 1 atom stereocenters. The minimum Gasteiger partial charge on any atom is -0.494 e. The lowest BCUT2D eigenvalue weighted by atomic mass is 10.1. The quantitative estimate of drug-likeness (QED) is 0.490. The first-order valence-electron chi connectivity index (χ1n) is 12.0. The highest BCUT2D eigenvalue weighted by molar-refractivity contribution is 5.94. The van der Waals surface area contributed by atoms with Crippen molar-refractivity contribution >= 4 is 17.4 Å². The topological polar surface area (TPSA) is 76.6 Å². The van der Waals surface area contributed by atoms with Crippen LogP contribution in [0.3, 0.4) is 0 Å². The molecule has 4 rings (SSSR count). The van der Waals surface area contributed by atoms with Crippen molar-refractivity contribution in [1.29, 1.82) is 0 Å². The summed E-state index contributed by atoms with van der Waals surface area (Å²) in [7, 11) is 0. The van der Waals surface area contributed by atoms with Crippen molar-refractivity contribution in [3.63, 3.8) is 0 Å². The Bertz CT molecular complexity index is 1040. The molecule has 0 saturated carbocycles. The first-order valence-corrected chi connectivity index (χ1v) is 12.0. The number of benzene rings is 2. The Morgan fingerprint density at radius 1 is 0.912 bits per heavy atom. The van der Waals surface area contributed by atoms with E-state index in [0.29, 0.717) is 18.0 Å². The third-order valence-corrected chi connectivity index (χ3v) is 5.85. The third-order valence-electron chi connectivity index (χ3n) is 5.85. The molecule has 0 radical (unpaired) electrons. The van der Waals surface area contributed by atoms with E-state index in [4.69, 9.17) is 9.47 Å². The van der Waals surface area contributed by atoms with E-state index in [2.05, 4.69) is 20.4 Å². The summed E-state index contributed by atoms with van der Waals surface area (Å²) in [6.45, 7) is 6.35. The van der Waals surface area contributed by atoms with E-state index in [-0.39, 0.29) is 5.91 Å². The molecule has 2 aromatic carbocycles. The summed E-state index contributed by atoms with van der Waals surface area (Å²) < 4.78 is 11.2. The molecule has 1 unspecified atom stereocenters. The molecule has 1 aliphatic heterocycles. The fourth-order valence-corrected chi connectivity index (χ4v) is 3.95. The van der Waals surface area contributed by atoms with Crippen molar-refractivity contribution in [1.82, 2.24) is 10.2 Å². The monoisotopic (exact) mass is 460 g/mol. The number of carbonyl (C=O) groups is 1. The maximum absolute atomic E-state index is 12.6. The van der Waals surface area contributed by atoms with Crippen molar-refractivity contribution in [2.45, 2.75) is 45.6 Å². The molecule has 1 saturated heterocycles. The van der Waals surface area contributed by atoms with Gasteiger partial charge in [0.25, 0.3) is 5.91 Å². The van der Waals surface area contributed by atoms with E-state index in [1.807, 2.05) is 55.5 Å². The average molecular weight is 461 g/mol. The maximum atomic E-state index is 12.6. The van der Waals surface area contributed by atoms with Crippen molar-refractivity contribution in [2.24, 2.45) is 0 Å². The van der Waals surface area contributed by atoms with E-state index in [1.165, 1.54) is 25.7 Å². The second-order valence-electron chi connectivity index (χ2n) is 8.41. The molecule has 1 aromatic heterocycles. The molecule has 34 heavy (non-hydrogen) atoms. The van der Waals surface area contributed by atoms with Crippen LogP contribution in [0.5, 0.6) is 11.5 Å². The lowest BCUT2D eigenvalue weighted by Gasteiger charge is -2.20. The van der Waals surface area contributed by atoms with Crippen LogP contribution in [0.25, 0.3) is 11.3 Å². The van der Waals surface area contributed by atoms with Gasteiger partial charge in [-0.15, -0.1) is 10.2 Å². The largest absolute Gasteiger partial charge is 0.494 e. The molecule has 3 aromatic rings. The Labute approximate surface area is 201 Å². The van der Waals surface area contributed by atoms with Gasteiger partial charge in [-0.2, -0.15) is 0 Å².